The summed E-state index contributed by atoms with van der Waals surface area (Å²) in [5.41, 5.74) is 0.664. The van der Waals surface area contributed by atoms with Crippen molar-refractivity contribution < 1.29 is 9.59 Å². The molecule has 3 nitrogen and oxygen atoms in total. The lowest BCUT2D eigenvalue weighted by Crippen LogP contribution is -2.31. The molecule has 0 spiro atoms. The molecule has 1 aromatic rings. The molecule has 0 aromatic heterocycles. The van der Waals surface area contributed by atoms with Crippen LogP contribution < -0.4 is 0 Å². The van der Waals surface area contributed by atoms with E-state index in [-0.39, 0.29) is 24.5 Å². The summed E-state index contributed by atoms with van der Waals surface area (Å²) in [6, 6.07) is 9.06. The smallest absolute Gasteiger partial charge is 0.223 e. The van der Waals surface area contributed by atoms with Crippen LogP contribution in [0.4, 0.5) is 0 Å². The maximum Gasteiger partial charge on any atom is 0.223 e. The number of rotatable bonds is 7. The number of carbonyl (C=O) groups excluding carboxylic acids is 2. The minimum absolute atomic E-state index is 0.00156. The van der Waals surface area contributed by atoms with Crippen LogP contribution in [0.5, 0.6) is 0 Å². The number of likely N-dealkylation sites (N-methyl/N-ethyl adjacent to an activating group) is 1. The maximum atomic E-state index is 11.8. The highest BCUT2D eigenvalue weighted by Gasteiger charge is 2.13. The number of benzene rings is 1. The molecule has 96 valence electrons. The van der Waals surface area contributed by atoms with Gasteiger partial charge in [-0.15, -0.1) is 6.58 Å². The van der Waals surface area contributed by atoms with Crippen molar-refractivity contribution in [2.45, 2.75) is 19.8 Å². The fraction of sp³-hybridized carbons (Fsp3) is 0.333. The van der Waals surface area contributed by atoms with E-state index in [1.165, 1.54) is 0 Å². The molecule has 0 fully saturated rings. The van der Waals surface area contributed by atoms with Gasteiger partial charge in [0.1, 0.15) is 0 Å². The maximum absolute atomic E-state index is 11.8. The molecule has 0 saturated heterocycles. The normalized spacial score (nSPS) is 9.83. The molecule has 0 radical (unpaired) electrons. The molecular formula is C15H19NO2. The van der Waals surface area contributed by atoms with Gasteiger partial charge in [0.2, 0.25) is 5.91 Å². The highest BCUT2D eigenvalue weighted by molar-refractivity contribution is 5.97. The zero-order valence-corrected chi connectivity index (χ0v) is 10.8. The second kappa shape index (κ2) is 7.43. The molecule has 0 heterocycles. The molecule has 1 amide bonds. The van der Waals surface area contributed by atoms with E-state index >= 15 is 0 Å². The van der Waals surface area contributed by atoms with Crippen molar-refractivity contribution in [2.24, 2.45) is 0 Å². The highest BCUT2D eigenvalue weighted by Crippen LogP contribution is 2.06. The minimum Gasteiger partial charge on any atom is -0.339 e. The first kappa shape index (κ1) is 14.2. The van der Waals surface area contributed by atoms with Gasteiger partial charge in [-0.25, -0.2) is 0 Å². The van der Waals surface area contributed by atoms with Gasteiger partial charge in [0, 0.05) is 31.5 Å². The minimum atomic E-state index is 0.00156. The first-order valence-electron chi connectivity index (χ1n) is 6.16. The predicted molar refractivity (Wildman–Crippen MR) is 72.5 cm³/mol. The molecular weight excluding hydrogens is 226 g/mol. The summed E-state index contributed by atoms with van der Waals surface area (Å²) in [5.74, 6) is 0.0142. The van der Waals surface area contributed by atoms with Crippen LogP contribution in [0.25, 0.3) is 0 Å². The molecule has 0 atom stereocenters. The molecule has 1 rings (SSSR count). The number of Topliss-reactive ketones (excluding diaryl/α,β-unsaturated/α-hetero) is 1. The van der Waals surface area contributed by atoms with Crippen molar-refractivity contribution in [1.29, 1.82) is 0 Å². The van der Waals surface area contributed by atoms with Gasteiger partial charge in [0.05, 0.1) is 0 Å². The lowest BCUT2D eigenvalue weighted by Gasteiger charge is -2.18. The highest BCUT2D eigenvalue weighted by atomic mass is 16.2. The van der Waals surface area contributed by atoms with Gasteiger partial charge in [0.15, 0.2) is 5.78 Å². The summed E-state index contributed by atoms with van der Waals surface area (Å²) in [6.07, 6.45) is 2.21. The topological polar surface area (TPSA) is 37.4 Å². The Hall–Kier alpha value is -1.90. The second-order valence-electron chi connectivity index (χ2n) is 4.01. The Kier molecular flexibility index (Phi) is 5.85. The number of carbonyl (C=O) groups is 2. The van der Waals surface area contributed by atoms with Crippen molar-refractivity contribution in [3.05, 3.63) is 48.6 Å². The average molecular weight is 245 g/mol. The van der Waals surface area contributed by atoms with Crippen LogP contribution in [-0.4, -0.2) is 29.7 Å². The monoisotopic (exact) mass is 245 g/mol. The number of ketones is 1. The van der Waals surface area contributed by atoms with Crippen molar-refractivity contribution in [1.82, 2.24) is 4.90 Å². The first-order chi connectivity index (χ1) is 8.69. The summed E-state index contributed by atoms with van der Waals surface area (Å²) in [5, 5.41) is 0. The third-order valence-corrected chi connectivity index (χ3v) is 2.75. The van der Waals surface area contributed by atoms with Crippen molar-refractivity contribution >= 4 is 11.7 Å². The standard InChI is InChI=1S/C15H19NO2/c1-3-12-16(4-2)15(18)11-10-14(17)13-8-6-5-7-9-13/h3,5-9H,1,4,10-12H2,2H3. The lowest BCUT2D eigenvalue weighted by molar-refractivity contribution is -0.130. The van der Waals surface area contributed by atoms with Crippen LogP contribution in [0, 0.1) is 0 Å². The summed E-state index contributed by atoms with van der Waals surface area (Å²) in [6.45, 7) is 6.71. The number of nitrogens with zero attached hydrogens (tertiary/aromatic N) is 1. The number of amides is 1. The molecule has 0 aliphatic heterocycles. The summed E-state index contributed by atoms with van der Waals surface area (Å²) < 4.78 is 0. The molecule has 0 saturated carbocycles. The Balaban J connectivity index is 2.47. The SMILES string of the molecule is C=CCN(CC)C(=O)CCC(=O)c1ccccc1. The first-order valence-corrected chi connectivity index (χ1v) is 6.16. The Morgan fingerprint density at radius 1 is 1.22 bits per heavy atom. The quantitative estimate of drug-likeness (QED) is 0.547. The van der Waals surface area contributed by atoms with E-state index in [9.17, 15) is 9.59 Å². The Morgan fingerprint density at radius 2 is 1.89 bits per heavy atom. The van der Waals surface area contributed by atoms with Crippen LogP contribution in [0.15, 0.2) is 43.0 Å². The van der Waals surface area contributed by atoms with Crippen LogP contribution >= 0.6 is 0 Å². The van der Waals surface area contributed by atoms with E-state index < -0.39 is 0 Å². The zero-order chi connectivity index (χ0) is 13.4. The third kappa shape index (κ3) is 4.17. The van der Waals surface area contributed by atoms with E-state index in [1.807, 2.05) is 25.1 Å². The fourth-order valence-electron chi connectivity index (χ4n) is 1.71. The predicted octanol–water partition coefficient (Wildman–Crippen LogP) is 2.68. The van der Waals surface area contributed by atoms with Crippen LogP contribution in [0.2, 0.25) is 0 Å². The van der Waals surface area contributed by atoms with Crippen LogP contribution in [-0.2, 0) is 4.79 Å². The van der Waals surface area contributed by atoms with E-state index in [0.29, 0.717) is 18.7 Å². The van der Waals surface area contributed by atoms with Gasteiger partial charge in [-0.1, -0.05) is 36.4 Å². The van der Waals surface area contributed by atoms with Crippen LogP contribution in [0.1, 0.15) is 30.1 Å². The van der Waals surface area contributed by atoms with Crippen molar-refractivity contribution in [2.75, 3.05) is 13.1 Å². The molecule has 0 N–H and O–H groups in total. The Bertz CT molecular complexity index is 412. The summed E-state index contributed by atoms with van der Waals surface area (Å²) >= 11 is 0. The molecule has 0 aliphatic rings. The van der Waals surface area contributed by atoms with E-state index in [2.05, 4.69) is 6.58 Å². The summed E-state index contributed by atoms with van der Waals surface area (Å²) in [4.78, 5) is 25.3. The summed E-state index contributed by atoms with van der Waals surface area (Å²) in [7, 11) is 0. The van der Waals surface area contributed by atoms with E-state index in [1.54, 1.807) is 23.1 Å². The second-order valence-corrected chi connectivity index (χ2v) is 4.01. The molecule has 3 heteroatoms. The molecule has 1 aromatic carbocycles. The van der Waals surface area contributed by atoms with Crippen LogP contribution in [0.3, 0.4) is 0 Å². The van der Waals surface area contributed by atoms with Crippen molar-refractivity contribution in [3.63, 3.8) is 0 Å². The van der Waals surface area contributed by atoms with Gasteiger partial charge in [0.25, 0.3) is 0 Å². The van der Waals surface area contributed by atoms with Gasteiger partial charge in [-0.05, 0) is 6.92 Å². The largest absolute Gasteiger partial charge is 0.339 e. The Labute approximate surface area is 108 Å². The van der Waals surface area contributed by atoms with Gasteiger partial charge in [-0.3, -0.25) is 9.59 Å². The van der Waals surface area contributed by atoms with E-state index in [0.717, 1.165) is 0 Å². The van der Waals surface area contributed by atoms with E-state index in [4.69, 9.17) is 0 Å². The molecule has 0 aliphatic carbocycles. The zero-order valence-electron chi connectivity index (χ0n) is 10.8. The number of hydrogen-bond acceptors (Lipinski definition) is 2. The molecule has 18 heavy (non-hydrogen) atoms. The third-order valence-electron chi connectivity index (χ3n) is 2.75. The van der Waals surface area contributed by atoms with Crippen molar-refractivity contribution in [3.8, 4) is 0 Å². The lowest BCUT2D eigenvalue weighted by atomic mass is 10.1. The van der Waals surface area contributed by atoms with Gasteiger partial charge < -0.3 is 4.90 Å². The van der Waals surface area contributed by atoms with Gasteiger partial charge in [-0.2, -0.15) is 0 Å². The van der Waals surface area contributed by atoms with Gasteiger partial charge >= 0.3 is 0 Å². The number of hydrogen-bond donors (Lipinski definition) is 0. The average Bonchev–Trinajstić information content (AvgIpc) is 2.42. The molecule has 0 unspecified atom stereocenters. The Morgan fingerprint density at radius 3 is 2.44 bits per heavy atom. The molecule has 0 bridgehead atoms. The fourth-order valence-corrected chi connectivity index (χ4v) is 1.71.